The first-order valence-corrected chi connectivity index (χ1v) is 17.0. The molecule has 0 saturated carbocycles. The Kier molecular flexibility index (Phi) is 13.0. The highest BCUT2D eigenvalue weighted by atomic mass is 16.7. The Labute approximate surface area is 275 Å². The minimum Gasteiger partial charge on any atom is -0.454 e. The Morgan fingerprint density at radius 1 is 0.630 bits per heavy atom. The molecule has 46 heavy (non-hydrogen) atoms. The molecule has 4 aliphatic heterocycles. The average Bonchev–Trinajstić information content (AvgIpc) is 3.78. The maximum atomic E-state index is 12.1. The molecule has 0 aromatic heterocycles. The highest BCUT2D eigenvalue weighted by Gasteiger charge is 2.16. The number of carbonyl (C=O) groups excluding carboxylic acids is 2. The number of nitrogens with zero attached hydrogens (tertiary/aromatic N) is 2. The fraction of sp³-hybridized carbons (Fsp3) is 0.474. The predicted octanol–water partition coefficient (Wildman–Crippen LogP) is 7.72. The molecule has 0 spiro atoms. The summed E-state index contributed by atoms with van der Waals surface area (Å²) in [6.07, 6.45) is 24.5. The summed E-state index contributed by atoms with van der Waals surface area (Å²) in [6, 6.07) is 12.0. The summed E-state index contributed by atoms with van der Waals surface area (Å²) >= 11 is 0. The first-order chi connectivity index (χ1) is 22.7. The molecule has 8 heteroatoms. The van der Waals surface area contributed by atoms with E-state index in [4.69, 9.17) is 18.9 Å². The van der Waals surface area contributed by atoms with Crippen molar-refractivity contribution in [1.82, 2.24) is 9.80 Å². The molecule has 4 aliphatic rings. The zero-order chi connectivity index (χ0) is 31.8. The molecule has 2 aromatic carbocycles. The van der Waals surface area contributed by atoms with E-state index in [-0.39, 0.29) is 14.1 Å². The van der Waals surface area contributed by atoms with Gasteiger partial charge in [-0.2, -0.15) is 0 Å². The summed E-state index contributed by atoms with van der Waals surface area (Å²) in [5.41, 5.74) is 2.35. The fourth-order valence-electron chi connectivity index (χ4n) is 6.03. The SMILES string of the molecule is O=C(/C=C/C=C/C=C/c1ccc2c(c1)OCO2)N1CCCCC1.O=C(CCCCCCc1ccc2c(c1)OCO2)N1CCCCC1.[HH]. The van der Waals surface area contributed by atoms with Gasteiger partial charge in [-0.05, 0) is 93.2 Å². The van der Waals surface area contributed by atoms with Crippen molar-refractivity contribution >= 4 is 17.9 Å². The van der Waals surface area contributed by atoms with E-state index in [0.717, 1.165) is 99.7 Å². The summed E-state index contributed by atoms with van der Waals surface area (Å²) < 4.78 is 21.3. The quantitative estimate of drug-likeness (QED) is 0.144. The van der Waals surface area contributed by atoms with E-state index in [2.05, 4.69) is 17.0 Å². The molecule has 2 amide bonds. The first kappa shape index (κ1) is 33.2. The van der Waals surface area contributed by atoms with Gasteiger partial charge in [0, 0.05) is 40.1 Å². The van der Waals surface area contributed by atoms with Crippen LogP contribution in [-0.2, 0) is 16.0 Å². The molecule has 0 atom stereocenters. The number of aryl methyl sites for hydroxylation is 1. The predicted molar refractivity (Wildman–Crippen MR) is 182 cm³/mol. The minimum atomic E-state index is 0. The molecule has 2 saturated heterocycles. The number of rotatable bonds is 11. The van der Waals surface area contributed by atoms with Crippen LogP contribution in [0, 0.1) is 0 Å². The van der Waals surface area contributed by atoms with Crippen LogP contribution in [-0.4, -0.2) is 61.4 Å². The maximum Gasteiger partial charge on any atom is 0.246 e. The van der Waals surface area contributed by atoms with Crippen molar-refractivity contribution in [2.24, 2.45) is 0 Å². The lowest BCUT2D eigenvalue weighted by atomic mass is 10.0. The van der Waals surface area contributed by atoms with E-state index in [1.54, 1.807) is 12.2 Å². The summed E-state index contributed by atoms with van der Waals surface area (Å²) in [4.78, 5) is 27.9. The number of unbranched alkanes of at least 4 members (excludes halogenated alkanes) is 3. The zero-order valence-corrected chi connectivity index (χ0v) is 27.0. The van der Waals surface area contributed by atoms with Gasteiger partial charge >= 0.3 is 0 Å². The molecule has 0 N–H and O–H groups in total. The second kappa shape index (κ2) is 18.1. The molecule has 4 heterocycles. The first-order valence-electron chi connectivity index (χ1n) is 17.0. The molecule has 0 aliphatic carbocycles. The molecular weight excluding hydrogens is 580 g/mol. The highest BCUT2D eigenvalue weighted by molar-refractivity contribution is 5.87. The summed E-state index contributed by atoms with van der Waals surface area (Å²) in [7, 11) is 0. The number of likely N-dealkylation sites (tertiary alicyclic amines) is 2. The van der Waals surface area contributed by atoms with Crippen LogP contribution in [0.3, 0.4) is 0 Å². The lowest BCUT2D eigenvalue weighted by Crippen LogP contribution is -2.35. The van der Waals surface area contributed by atoms with Crippen LogP contribution >= 0.6 is 0 Å². The van der Waals surface area contributed by atoms with E-state index < -0.39 is 0 Å². The molecule has 0 bridgehead atoms. The van der Waals surface area contributed by atoms with Crippen LogP contribution < -0.4 is 18.9 Å². The summed E-state index contributed by atoms with van der Waals surface area (Å²) in [5.74, 6) is 3.76. The zero-order valence-electron chi connectivity index (χ0n) is 27.0. The van der Waals surface area contributed by atoms with Crippen molar-refractivity contribution in [2.75, 3.05) is 39.8 Å². The molecule has 2 aromatic rings. The van der Waals surface area contributed by atoms with Gasteiger partial charge in [0.25, 0.3) is 0 Å². The van der Waals surface area contributed by atoms with E-state index in [0.29, 0.717) is 12.7 Å². The van der Waals surface area contributed by atoms with Crippen LogP contribution in [0.4, 0.5) is 0 Å². The number of carbonyl (C=O) groups is 2. The largest absolute Gasteiger partial charge is 0.454 e. The number of amides is 2. The van der Waals surface area contributed by atoms with Crippen LogP contribution in [0.25, 0.3) is 6.08 Å². The van der Waals surface area contributed by atoms with Gasteiger partial charge in [-0.1, -0.05) is 55.4 Å². The summed E-state index contributed by atoms with van der Waals surface area (Å²) in [5, 5.41) is 0. The second-order valence-corrected chi connectivity index (χ2v) is 12.1. The lowest BCUT2D eigenvalue weighted by Gasteiger charge is -2.26. The number of hydrogen-bond donors (Lipinski definition) is 0. The van der Waals surface area contributed by atoms with Crippen molar-refractivity contribution in [3.8, 4) is 23.0 Å². The van der Waals surface area contributed by atoms with E-state index >= 15 is 0 Å². The van der Waals surface area contributed by atoms with Crippen molar-refractivity contribution in [3.63, 3.8) is 0 Å². The number of ether oxygens (including phenoxy) is 4. The van der Waals surface area contributed by atoms with Gasteiger partial charge in [0.2, 0.25) is 25.4 Å². The molecular formula is C38H50N2O6. The normalized spacial score (nSPS) is 17.1. The molecule has 6 rings (SSSR count). The van der Waals surface area contributed by atoms with Gasteiger partial charge in [-0.25, -0.2) is 0 Å². The molecule has 8 nitrogen and oxygen atoms in total. The van der Waals surface area contributed by atoms with Gasteiger partial charge in [0.05, 0.1) is 0 Å². The standard InChI is InChI=1S/C19H27NO3.C19H21NO3.H2/c2*21-19(20-12-6-3-7-13-20)9-5-2-1-4-8-16-10-11-17-18(14-16)23-15-22-17;/h10-11,14H,1-9,12-13,15H2;1-2,4-5,8-11,14H,3,6-7,12-13,15H2;1H/b;2-1+,8-4+,9-5+;. The van der Waals surface area contributed by atoms with Crippen LogP contribution in [0.15, 0.2) is 66.8 Å². The van der Waals surface area contributed by atoms with Crippen molar-refractivity contribution < 1.29 is 30.0 Å². The average molecular weight is 631 g/mol. The Bertz CT molecular complexity index is 1380. The molecule has 248 valence electrons. The third-order valence-electron chi connectivity index (χ3n) is 8.68. The number of piperidine rings is 2. The monoisotopic (exact) mass is 630 g/mol. The van der Waals surface area contributed by atoms with Crippen LogP contribution in [0.1, 0.15) is 83.2 Å². The Morgan fingerprint density at radius 2 is 1.24 bits per heavy atom. The third-order valence-corrected chi connectivity index (χ3v) is 8.68. The van der Waals surface area contributed by atoms with Crippen molar-refractivity contribution in [2.45, 2.75) is 77.0 Å². The summed E-state index contributed by atoms with van der Waals surface area (Å²) in [6.45, 7) is 4.35. The minimum absolute atomic E-state index is 0. The van der Waals surface area contributed by atoms with Gasteiger partial charge in [0.15, 0.2) is 23.0 Å². The molecule has 0 unspecified atom stereocenters. The third kappa shape index (κ3) is 10.4. The topological polar surface area (TPSA) is 77.5 Å². The van der Waals surface area contributed by atoms with Crippen LogP contribution in [0.5, 0.6) is 23.0 Å². The van der Waals surface area contributed by atoms with E-state index in [9.17, 15) is 9.59 Å². The molecule has 0 radical (unpaired) electrons. The lowest BCUT2D eigenvalue weighted by molar-refractivity contribution is -0.132. The maximum absolute atomic E-state index is 12.1. The van der Waals surface area contributed by atoms with Gasteiger partial charge in [-0.3, -0.25) is 9.59 Å². The van der Waals surface area contributed by atoms with Crippen molar-refractivity contribution in [3.05, 3.63) is 77.9 Å². The fourth-order valence-corrected chi connectivity index (χ4v) is 6.03. The van der Waals surface area contributed by atoms with Gasteiger partial charge in [0.1, 0.15) is 0 Å². The Morgan fingerprint density at radius 3 is 1.98 bits per heavy atom. The Balaban J connectivity index is 0.000000208. The van der Waals surface area contributed by atoms with E-state index in [1.165, 1.54) is 37.7 Å². The highest BCUT2D eigenvalue weighted by Crippen LogP contribution is 2.33. The van der Waals surface area contributed by atoms with E-state index in [1.807, 2.05) is 53.5 Å². The number of benzene rings is 2. The number of hydrogen-bond acceptors (Lipinski definition) is 6. The number of fused-ring (bicyclic) bond motifs is 2. The van der Waals surface area contributed by atoms with Gasteiger partial charge in [-0.15, -0.1) is 0 Å². The van der Waals surface area contributed by atoms with Crippen LogP contribution in [0.2, 0.25) is 0 Å². The van der Waals surface area contributed by atoms with Crippen molar-refractivity contribution in [1.29, 1.82) is 0 Å². The Hall–Kier alpha value is -4.20. The smallest absolute Gasteiger partial charge is 0.246 e. The number of allylic oxidation sites excluding steroid dienone is 4. The van der Waals surface area contributed by atoms with Gasteiger partial charge < -0.3 is 28.7 Å². The second-order valence-electron chi connectivity index (χ2n) is 12.1. The molecule has 2 fully saturated rings.